The third-order valence-electron chi connectivity index (χ3n) is 6.60. The van der Waals surface area contributed by atoms with Gasteiger partial charge in [-0.25, -0.2) is 4.68 Å². The number of hydrogen-bond donors (Lipinski definition) is 1. The number of anilines is 1. The maximum Gasteiger partial charge on any atom is 0.296 e. The van der Waals surface area contributed by atoms with Crippen molar-refractivity contribution in [3.63, 3.8) is 0 Å². The van der Waals surface area contributed by atoms with Crippen molar-refractivity contribution >= 4 is 11.7 Å². The third kappa shape index (κ3) is 4.57. The summed E-state index contributed by atoms with van der Waals surface area (Å²) in [4.78, 5) is 40.3. The Morgan fingerprint density at radius 2 is 1.49 bits per heavy atom. The van der Waals surface area contributed by atoms with Crippen LogP contribution in [0.1, 0.15) is 23.7 Å². The maximum absolute atomic E-state index is 14.1. The first-order valence-electron chi connectivity index (χ1n) is 12.2. The fraction of sp³-hybridized carbons (Fsp3) is 0.207. The highest BCUT2D eigenvalue weighted by Crippen LogP contribution is 2.43. The Morgan fingerprint density at radius 3 is 1.98 bits per heavy atom. The molecule has 2 heterocycles. The van der Waals surface area contributed by atoms with Gasteiger partial charge in [0.15, 0.2) is 11.5 Å². The molecule has 0 atom stereocenters. The summed E-state index contributed by atoms with van der Waals surface area (Å²) in [5.74, 6) is -0.187. The minimum absolute atomic E-state index is 0.0729. The second kappa shape index (κ2) is 11.2. The standard InChI is InChI=1S/C29H26N6O6/c1-16-25(29(38)35(33(16)3)19-10-8-7-9-11-19)34-27(32-17(2)36)20(14-30)24(21(15-31)28(34)37)18-12-22(39-4)26(41-6)23(13-18)40-5/h7-13H,1-6H3,(H,32,36). The second-order valence-corrected chi connectivity index (χ2v) is 8.84. The molecule has 0 saturated heterocycles. The van der Waals surface area contributed by atoms with Crippen LogP contribution in [0.3, 0.4) is 0 Å². The molecule has 12 nitrogen and oxygen atoms in total. The highest BCUT2D eigenvalue weighted by atomic mass is 16.5. The number of rotatable bonds is 7. The first-order valence-corrected chi connectivity index (χ1v) is 12.2. The van der Waals surface area contributed by atoms with Crippen molar-refractivity contribution < 1.29 is 19.0 Å². The van der Waals surface area contributed by atoms with Gasteiger partial charge in [-0.15, -0.1) is 0 Å². The molecule has 0 radical (unpaired) electrons. The fourth-order valence-corrected chi connectivity index (χ4v) is 4.71. The van der Waals surface area contributed by atoms with Gasteiger partial charge < -0.3 is 19.5 Å². The van der Waals surface area contributed by atoms with Crippen LogP contribution in [0, 0.1) is 29.6 Å². The molecule has 1 amide bonds. The number of pyridine rings is 1. The van der Waals surface area contributed by atoms with Crippen LogP contribution in [0.15, 0.2) is 52.1 Å². The van der Waals surface area contributed by atoms with E-state index in [-0.39, 0.29) is 45.4 Å². The van der Waals surface area contributed by atoms with E-state index in [4.69, 9.17) is 14.2 Å². The summed E-state index contributed by atoms with van der Waals surface area (Å²) in [5.41, 5.74) is -1.28. The van der Waals surface area contributed by atoms with Gasteiger partial charge in [-0.3, -0.25) is 23.6 Å². The average molecular weight is 555 g/mol. The van der Waals surface area contributed by atoms with Gasteiger partial charge in [0.05, 0.1) is 32.7 Å². The molecule has 0 aliphatic rings. The van der Waals surface area contributed by atoms with E-state index in [1.54, 1.807) is 49.0 Å². The smallest absolute Gasteiger partial charge is 0.296 e. The van der Waals surface area contributed by atoms with Crippen LogP contribution in [0.25, 0.3) is 22.5 Å². The molecule has 0 aliphatic carbocycles. The number of nitriles is 2. The Balaban J connectivity index is 2.20. The molecule has 0 saturated carbocycles. The molecule has 0 fully saturated rings. The number of nitrogens with one attached hydrogen (secondary N) is 1. The molecule has 208 valence electrons. The Kier molecular flexibility index (Phi) is 7.69. The molecule has 4 aromatic rings. The first kappa shape index (κ1) is 28.3. The largest absolute Gasteiger partial charge is 0.493 e. The van der Waals surface area contributed by atoms with E-state index in [0.717, 1.165) is 4.57 Å². The zero-order chi connectivity index (χ0) is 30.0. The quantitative estimate of drug-likeness (QED) is 0.366. The molecule has 12 heteroatoms. The normalized spacial score (nSPS) is 10.4. The molecule has 0 bridgehead atoms. The molecular weight excluding hydrogens is 528 g/mol. The predicted octanol–water partition coefficient (Wildman–Crippen LogP) is 3.03. The lowest BCUT2D eigenvalue weighted by Gasteiger charge is -2.19. The van der Waals surface area contributed by atoms with Gasteiger partial charge >= 0.3 is 0 Å². The van der Waals surface area contributed by atoms with Crippen molar-refractivity contribution in [2.24, 2.45) is 7.05 Å². The van der Waals surface area contributed by atoms with Gasteiger partial charge in [0.25, 0.3) is 11.1 Å². The summed E-state index contributed by atoms with van der Waals surface area (Å²) < 4.78 is 20.0. The molecular formula is C29H26N6O6. The number of aromatic nitrogens is 3. The molecule has 0 spiro atoms. The summed E-state index contributed by atoms with van der Waals surface area (Å²) in [6, 6.07) is 15.6. The van der Waals surface area contributed by atoms with Crippen molar-refractivity contribution in [2.45, 2.75) is 13.8 Å². The Morgan fingerprint density at radius 1 is 0.902 bits per heavy atom. The van der Waals surface area contributed by atoms with E-state index >= 15 is 0 Å². The minimum atomic E-state index is -0.912. The molecule has 41 heavy (non-hydrogen) atoms. The van der Waals surface area contributed by atoms with E-state index in [1.165, 1.54) is 45.1 Å². The third-order valence-corrected chi connectivity index (χ3v) is 6.60. The number of carbonyl (C=O) groups excluding carboxylic acids is 1. The number of hydrogen-bond acceptors (Lipinski definition) is 8. The molecule has 0 aliphatic heterocycles. The SMILES string of the molecule is COc1cc(-c2c(C#N)c(NC(C)=O)n(-c3c(C)n(C)n(-c4ccccc4)c3=O)c(=O)c2C#N)cc(OC)c1OC. The topological polar surface area (TPSA) is 153 Å². The summed E-state index contributed by atoms with van der Waals surface area (Å²) in [7, 11) is 5.85. The van der Waals surface area contributed by atoms with Gasteiger partial charge in [0.2, 0.25) is 11.7 Å². The Hall–Kier alpha value is -5.75. The highest BCUT2D eigenvalue weighted by molar-refractivity contribution is 5.93. The van der Waals surface area contributed by atoms with Gasteiger partial charge in [-0.05, 0) is 36.8 Å². The minimum Gasteiger partial charge on any atom is -0.493 e. The maximum atomic E-state index is 14.1. The van der Waals surface area contributed by atoms with Gasteiger partial charge in [0.1, 0.15) is 34.8 Å². The van der Waals surface area contributed by atoms with Gasteiger partial charge in [-0.1, -0.05) is 18.2 Å². The van der Waals surface area contributed by atoms with Crippen molar-refractivity contribution in [3.8, 4) is 51.9 Å². The van der Waals surface area contributed by atoms with Crippen LogP contribution < -0.4 is 30.6 Å². The Bertz CT molecular complexity index is 1860. The lowest BCUT2D eigenvalue weighted by atomic mass is 9.95. The number of carbonyl (C=O) groups is 1. The van der Waals surface area contributed by atoms with E-state index in [1.807, 2.05) is 12.1 Å². The predicted molar refractivity (Wildman–Crippen MR) is 150 cm³/mol. The number of para-hydroxylation sites is 1. The summed E-state index contributed by atoms with van der Waals surface area (Å²) >= 11 is 0. The zero-order valence-electron chi connectivity index (χ0n) is 23.2. The van der Waals surface area contributed by atoms with E-state index < -0.39 is 22.6 Å². The van der Waals surface area contributed by atoms with Gasteiger partial charge in [-0.2, -0.15) is 10.5 Å². The molecule has 0 unspecified atom stereocenters. The van der Waals surface area contributed by atoms with Crippen LogP contribution in [-0.4, -0.2) is 41.2 Å². The van der Waals surface area contributed by atoms with E-state index in [0.29, 0.717) is 11.4 Å². The summed E-state index contributed by atoms with van der Waals surface area (Å²) in [6.07, 6.45) is 0. The van der Waals surface area contributed by atoms with Crippen LogP contribution in [0.5, 0.6) is 17.2 Å². The second-order valence-electron chi connectivity index (χ2n) is 8.84. The van der Waals surface area contributed by atoms with E-state index in [2.05, 4.69) is 5.32 Å². The number of nitrogens with zero attached hydrogens (tertiary/aromatic N) is 5. The highest BCUT2D eigenvalue weighted by Gasteiger charge is 2.30. The zero-order valence-corrected chi connectivity index (χ0v) is 23.2. The van der Waals surface area contributed by atoms with Crippen LogP contribution in [0.4, 0.5) is 5.82 Å². The molecule has 2 aromatic heterocycles. The van der Waals surface area contributed by atoms with Crippen molar-refractivity contribution in [1.29, 1.82) is 10.5 Å². The summed E-state index contributed by atoms with van der Waals surface area (Å²) in [5, 5.41) is 23.1. The van der Waals surface area contributed by atoms with Crippen molar-refractivity contribution in [1.82, 2.24) is 13.9 Å². The summed E-state index contributed by atoms with van der Waals surface area (Å²) in [6.45, 7) is 2.82. The molecule has 2 aromatic carbocycles. The monoisotopic (exact) mass is 554 g/mol. The van der Waals surface area contributed by atoms with E-state index in [9.17, 15) is 24.9 Å². The lowest BCUT2D eigenvalue weighted by molar-refractivity contribution is -0.114. The fourth-order valence-electron chi connectivity index (χ4n) is 4.71. The number of methoxy groups -OCH3 is 3. The number of ether oxygens (including phenoxy) is 3. The van der Waals surface area contributed by atoms with Crippen molar-refractivity contribution in [2.75, 3.05) is 26.6 Å². The average Bonchev–Trinajstić information content (AvgIpc) is 3.19. The number of benzene rings is 2. The van der Waals surface area contributed by atoms with Crippen LogP contribution in [0.2, 0.25) is 0 Å². The van der Waals surface area contributed by atoms with Crippen molar-refractivity contribution in [3.05, 3.63) is 80.0 Å². The molecule has 1 N–H and O–H groups in total. The van der Waals surface area contributed by atoms with Gasteiger partial charge in [0, 0.05) is 19.5 Å². The van der Waals surface area contributed by atoms with Crippen LogP contribution >= 0.6 is 0 Å². The molecule has 4 rings (SSSR count). The number of amides is 1. The van der Waals surface area contributed by atoms with Crippen LogP contribution in [-0.2, 0) is 11.8 Å². The first-order chi connectivity index (χ1) is 19.6. The Labute approximate surface area is 234 Å². The lowest BCUT2D eigenvalue weighted by Crippen LogP contribution is -2.32.